The fraction of sp³-hybridized carbons (Fsp3) is 0.535. The summed E-state index contributed by atoms with van der Waals surface area (Å²) in [5.74, 6) is -2.16. The average Bonchev–Trinajstić information content (AvgIpc) is 3.19. The summed E-state index contributed by atoms with van der Waals surface area (Å²) in [5.41, 5.74) is 14.0. The van der Waals surface area contributed by atoms with Crippen LogP contribution in [0.15, 0.2) is 72.8 Å². The van der Waals surface area contributed by atoms with Crippen LogP contribution in [0, 0.1) is 17.8 Å². The number of rotatable bonds is 21. The molecule has 314 valence electrons. The van der Waals surface area contributed by atoms with E-state index in [9.17, 15) is 23.7 Å². The summed E-state index contributed by atoms with van der Waals surface area (Å²) in [6.07, 6.45) is 5.00. The molecule has 4 rings (SSSR count). The van der Waals surface area contributed by atoms with Gasteiger partial charge in [-0.05, 0) is 78.8 Å². The number of nitrogens with zero attached hydrogens (tertiary/aromatic N) is 1. The Bertz CT molecular complexity index is 1740. The Morgan fingerprint density at radius 2 is 1.61 bits per heavy atom. The van der Waals surface area contributed by atoms with Gasteiger partial charge >= 0.3 is 12.1 Å². The number of amides is 3. The van der Waals surface area contributed by atoms with Gasteiger partial charge in [-0.2, -0.15) is 0 Å². The van der Waals surface area contributed by atoms with Gasteiger partial charge in [-0.3, -0.25) is 18.9 Å². The van der Waals surface area contributed by atoms with Crippen LogP contribution in [0.5, 0.6) is 0 Å². The molecule has 5 atom stereocenters. The van der Waals surface area contributed by atoms with Crippen molar-refractivity contribution in [2.45, 2.75) is 109 Å². The Morgan fingerprint density at radius 1 is 0.930 bits per heavy atom. The van der Waals surface area contributed by atoms with E-state index in [1.54, 1.807) is 12.1 Å². The quantitative estimate of drug-likeness (QED) is 0.0420. The van der Waals surface area contributed by atoms with E-state index in [0.29, 0.717) is 37.8 Å². The minimum absolute atomic E-state index is 0. The second-order valence-corrected chi connectivity index (χ2v) is 16.7. The molecule has 1 aliphatic rings. The highest BCUT2D eigenvalue weighted by molar-refractivity contribution is 7.39. The molecule has 0 radical (unpaired) electrons. The highest BCUT2D eigenvalue weighted by atomic mass is 35.5. The molecule has 0 spiro atoms. The first-order valence-corrected chi connectivity index (χ1v) is 21.6. The van der Waals surface area contributed by atoms with Crippen molar-refractivity contribution in [3.63, 3.8) is 0 Å². The maximum atomic E-state index is 14.5. The van der Waals surface area contributed by atoms with Gasteiger partial charge < -0.3 is 30.8 Å². The molecule has 5 N–H and O–H groups in total. The number of ether oxygens (including phenoxy) is 2. The number of unbranched alkanes of at least 4 members (excludes halogenated alkanes) is 1. The molecule has 14 heteroatoms. The van der Waals surface area contributed by atoms with Crippen molar-refractivity contribution in [1.82, 2.24) is 10.2 Å². The van der Waals surface area contributed by atoms with E-state index in [1.165, 1.54) is 7.11 Å². The van der Waals surface area contributed by atoms with Crippen LogP contribution in [0.25, 0.3) is 10.8 Å². The highest BCUT2D eigenvalue weighted by Gasteiger charge is 2.39. The predicted octanol–water partition coefficient (Wildman–Crippen LogP) is 7.53. The van der Waals surface area contributed by atoms with E-state index in [1.807, 2.05) is 74.5 Å². The highest BCUT2D eigenvalue weighted by Crippen LogP contribution is 2.35. The van der Waals surface area contributed by atoms with Crippen molar-refractivity contribution in [3.05, 3.63) is 83.9 Å². The minimum atomic E-state index is -2.86. The smallest absolute Gasteiger partial charge is 0.417 e. The molecule has 1 saturated carbocycles. The van der Waals surface area contributed by atoms with Crippen LogP contribution in [0.1, 0.15) is 89.2 Å². The van der Waals surface area contributed by atoms with E-state index < -0.39 is 56.1 Å². The third-order valence-corrected chi connectivity index (χ3v) is 11.7. The van der Waals surface area contributed by atoms with Crippen molar-refractivity contribution >= 4 is 55.1 Å². The SMILES string of the molecule is COC(=O)C(CC(C)C)C[PH](=O)OC(CC1CCCCC1)NC(=O)[C@H](CCCCN)N(C(=O)OCc1ccccc1)C(=O)C(N)Cc1cccc2ccccc12.Cl. The van der Waals surface area contributed by atoms with Crippen LogP contribution in [0.2, 0.25) is 0 Å². The molecule has 3 aromatic carbocycles. The number of nitrogens with one attached hydrogen (secondary N) is 1. The van der Waals surface area contributed by atoms with Gasteiger partial charge in [0, 0.05) is 6.16 Å². The lowest BCUT2D eigenvalue weighted by Crippen LogP contribution is -2.58. The Hall–Kier alpha value is -3.80. The Morgan fingerprint density at radius 3 is 2.30 bits per heavy atom. The third kappa shape index (κ3) is 15.1. The summed E-state index contributed by atoms with van der Waals surface area (Å²) in [7, 11) is -1.56. The van der Waals surface area contributed by atoms with Crippen LogP contribution in [0.4, 0.5) is 4.79 Å². The van der Waals surface area contributed by atoms with Crippen LogP contribution >= 0.6 is 20.4 Å². The summed E-state index contributed by atoms with van der Waals surface area (Å²) < 4.78 is 30.5. The van der Waals surface area contributed by atoms with Crippen LogP contribution in [0.3, 0.4) is 0 Å². The number of fused-ring (bicyclic) bond motifs is 1. The lowest BCUT2D eigenvalue weighted by Gasteiger charge is -2.33. The van der Waals surface area contributed by atoms with Gasteiger partial charge in [-0.25, -0.2) is 9.69 Å². The fourth-order valence-corrected chi connectivity index (χ4v) is 8.82. The summed E-state index contributed by atoms with van der Waals surface area (Å²) in [6, 6.07) is 20.0. The molecule has 0 aromatic heterocycles. The van der Waals surface area contributed by atoms with E-state index in [0.717, 1.165) is 53.3 Å². The Labute approximate surface area is 344 Å². The second-order valence-electron chi connectivity index (χ2n) is 15.3. The number of methoxy groups -OCH3 is 1. The second kappa shape index (κ2) is 24.9. The van der Waals surface area contributed by atoms with Gasteiger partial charge in [0.25, 0.3) is 0 Å². The van der Waals surface area contributed by atoms with Crippen molar-refractivity contribution in [2.24, 2.45) is 29.2 Å². The van der Waals surface area contributed by atoms with Crippen molar-refractivity contribution < 1.29 is 37.7 Å². The van der Waals surface area contributed by atoms with Gasteiger partial charge in [-0.15, -0.1) is 12.4 Å². The zero-order chi connectivity index (χ0) is 40.5. The lowest BCUT2D eigenvalue weighted by molar-refractivity contribution is -0.145. The molecule has 4 unspecified atom stereocenters. The average molecular weight is 829 g/mol. The topological polar surface area (TPSA) is 180 Å². The van der Waals surface area contributed by atoms with Gasteiger partial charge in [0.2, 0.25) is 11.8 Å². The maximum absolute atomic E-state index is 14.5. The molecule has 1 fully saturated rings. The predicted molar refractivity (Wildman–Crippen MR) is 226 cm³/mol. The monoisotopic (exact) mass is 828 g/mol. The van der Waals surface area contributed by atoms with E-state index in [-0.39, 0.29) is 49.9 Å². The number of carbonyl (C=O) groups is 4. The number of hydrogen-bond acceptors (Lipinski definition) is 10. The normalized spacial score (nSPS) is 15.8. The number of esters is 1. The molecule has 3 amide bonds. The van der Waals surface area contributed by atoms with Gasteiger partial charge in [0.15, 0.2) is 8.03 Å². The number of benzene rings is 3. The van der Waals surface area contributed by atoms with Gasteiger partial charge in [0.1, 0.15) is 18.9 Å². The van der Waals surface area contributed by atoms with Crippen LogP contribution < -0.4 is 16.8 Å². The fourth-order valence-electron chi connectivity index (χ4n) is 7.52. The van der Waals surface area contributed by atoms with Crippen molar-refractivity contribution in [1.29, 1.82) is 0 Å². The molecule has 0 saturated heterocycles. The summed E-state index contributed by atoms with van der Waals surface area (Å²) in [4.78, 5) is 56.5. The molecular formula is C43H62ClN4O8P. The number of carbonyl (C=O) groups excluding carboxylic acids is 4. The number of halogens is 1. The Balaban J connectivity index is 0.00000870. The first-order chi connectivity index (χ1) is 27.0. The molecular weight excluding hydrogens is 767 g/mol. The molecule has 57 heavy (non-hydrogen) atoms. The maximum Gasteiger partial charge on any atom is 0.417 e. The van der Waals surface area contributed by atoms with Gasteiger partial charge in [-0.1, -0.05) is 119 Å². The van der Waals surface area contributed by atoms with Crippen LogP contribution in [-0.4, -0.2) is 66.9 Å². The summed E-state index contributed by atoms with van der Waals surface area (Å²) in [5, 5.41) is 4.84. The molecule has 0 heterocycles. The first-order valence-electron chi connectivity index (χ1n) is 20.0. The lowest BCUT2D eigenvalue weighted by atomic mass is 9.86. The summed E-state index contributed by atoms with van der Waals surface area (Å²) in [6.45, 7) is 4.15. The molecule has 0 aliphatic heterocycles. The number of nitrogens with two attached hydrogens (primary N) is 2. The van der Waals surface area contributed by atoms with E-state index in [2.05, 4.69) is 5.32 Å². The zero-order valence-electron chi connectivity index (χ0n) is 33.6. The van der Waals surface area contributed by atoms with Gasteiger partial charge in [0.05, 0.1) is 19.1 Å². The molecule has 0 bridgehead atoms. The first kappa shape index (κ1) is 47.6. The van der Waals surface area contributed by atoms with Crippen molar-refractivity contribution in [3.8, 4) is 0 Å². The largest absolute Gasteiger partial charge is 0.469 e. The third-order valence-electron chi connectivity index (χ3n) is 10.4. The summed E-state index contributed by atoms with van der Waals surface area (Å²) >= 11 is 0. The Kier molecular flexibility index (Phi) is 20.7. The standard InChI is InChI=1S/C43H61N4O8P.ClH/c1-30(2)25-35(42(50)53-3)29-56(52)55-39(26-31-15-6-4-7-16-31)46-40(48)38(23-12-13-24-44)47(43(51)54-28-32-17-8-5-9-18-32)41(49)37(45)27-34-21-14-20-33-19-10-11-22-36(33)34;/h5,8-11,14,17-22,30-31,35,37-39,56H,4,6-7,12-13,15-16,23-29,44-45H2,1-3H3,(H,46,48);1H/t35?,37?,38-,39?;/m0./s1. The van der Waals surface area contributed by atoms with E-state index >= 15 is 0 Å². The molecule has 12 nitrogen and oxygen atoms in total. The number of imide groups is 1. The van der Waals surface area contributed by atoms with E-state index in [4.69, 9.17) is 25.5 Å². The minimum Gasteiger partial charge on any atom is -0.469 e. The molecule has 1 aliphatic carbocycles. The zero-order valence-corrected chi connectivity index (χ0v) is 35.4. The molecule has 3 aromatic rings. The number of hydrogen-bond donors (Lipinski definition) is 3. The van der Waals surface area contributed by atoms with Crippen LogP contribution in [-0.2, 0) is 46.0 Å². The van der Waals surface area contributed by atoms with Crippen molar-refractivity contribution in [2.75, 3.05) is 19.8 Å².